The van der Waals surface area contributed by atoms with Gasteiger partial charge in [0, 0.05) is 5.92 Å². The fourth-order valence-corrected chi connectivity index (χ4v) is 4.19. The van der Waals surface area contributed by atoms with Crippen LogP contribution < -0.4 is 4.74 Å². The Hall–Kier alpha value is -2.04. The minimum absolute atomic E-state index is 0. The Morgan fingerprint density at radius 1 is 1.07 bits per heavy atom. The monoisotopic (exact) mass is 414 g/mol. The summed E-state index contributed by atoms with van der Waals surface area (Å²) in [5, 5.41) is 10.7. The molecule has 29 heavy (non-hydrogen) atoms. The van der Waals surface area contributed by atoms with Crippen molar-refractivity contribution >= 4 is 23.4 Å². The van der Waals surface area contributed by atoms with Gasteiger partial charge < -0.3 is 14.4 Å². The van der Waals surface area contributed by atoms with Gasteiger partial charge in [-0.25, -0.2) is 4.98 Å². The van der Waals surface area contributed by atoms with E-state index in [0.29, 0.717) is 18.4 Å². The molecule has 1 N–H and O–H groups in total. The lowest BCUT2D eigenvalue weighted by molar-refractivity contribution is 0.0924. The molecular weight excluding hydrogens is 384 g/mol. The van der Waals surface area contributed by atoms with Crippen molar-refractivity contribution in [2.24, 2.45) is 0 Å². The largest absolute Gasteiger partial charge is 0.491 e. The summed E-state index contributed by atoms with van der Waals surface area (Å²) in [5.41, 5.74) is 3.41. The number of halogens is 1. The number of hydrogen-bond donors (Lipinski definition) is 1. The summed E-state index contributed by atoms with van der Waals surface area (Å²) in [6.45, 7) is 5.14. The average molecular weight is 415 g/mol. The topological polar surface area (TPSA) is 47.3 Å². The number of ether oxygens (including phenoxy) is 1. The van der Waals surface area contributed by atoms with Crippen molar-refractivity contribution in [1.29, 1.82) is 0 Å². The fourth-order valence-electron chi connectivity index (χ4n) is 4.19. The van der Waals surface area contributed by atoms with Crippen molar-refractivity contribution in [2.45, 2.75) is 64.0 Å². The van der Waals surface area contributed by atoms with Gasteiger partial charge in [0.25, 0.3) is 0 Å². The molecule has 0 aliphatic heterocycles. The number of nitrogens with zero attached hydrogens (tertiary/aromatic N) is 2. The predicted octanol–water partition coefficient (Wildman–Crippen LogP) is 5.68. The lowest BCUT2D eigenvalue weighted by atomic mass is 10.0. The minimum atomic E-state index is -0.581. The third-order valence-corrected chi connectivity index (χ3v) is 5.79. The number of aromatic nitrogens is 2. The zero-order chi connectivity index (χ0) is 19.5. The number of benzene rings is 2. The molecule has 1 aliphatic rings. The third kappa shape index (κ3) is 4.93. The molecule has 1 atom stereocenters. The number of hydrogen-bond acceptors (Lipinski definition) is 3. The Labute approximate surface area is 179 Å². The van der Waals surface area contributed by atoms with Crippen molar-refractivity contribution in [2.75, 3.05) is 6.61 Å². The van der Waals surface area contributed by atoms with Crippen molar-refractivity contribution in [3.63, 3.8) is 0 Å². The van der Waals surface area contributed by atoms with Crippen LogP contribution in [0, 0.1) is 0 Å². The predicted molar refractivity (Wildman–Crippen MR) is 120 cm³/mol. The minimum Gasteiger partial charge on any atom is -0.491 e. The SMILES string of the molecule is CC(C)c1ccc(OCC(O)Cn2c(C3CCCC3)nc3ccccc32)cc1.Cl. The highest BCUT2D eigenvalue weighted by atomic mass is 35.5. The Morgan fingerprint density at radius 3 is 2.45 bits per heavy atom. The number of aliphatic hydroxyl groups excluding tert-OH is 1. The quantitative estimate of drug-likeness (QED) is 0.541. The van der Waals surface area contributed by atoms with Crippen LogP contribution >= 0.6 is 12.4 Å². The maximum Gasteiger partial charge on any atom is 0.119 e. The van der Waals surface area contributed by atoms with Crippen LogP contribution in [0.25, 0.3) is 11.0 Å². The highest BCUT2D eigenvalue weighted by Gasteiger charge is 2.24. The van der Waals surface area contributed by atoms with E-state index in [1.165, 1.54) is 31.2 Å². The molecule has 0 bridgehead atoms. The second kappa shape index (κ2) is 9.64. The number of rotatable bonds is 7. The number of imidazole rings is 1. The standard InChI is InChI=1S/C24H30N2O2.ClH/c1-17(2)18-11-13-21(14-12-18)28-16-20(27)15-26-23-10-6-5-9-22(23)25-24(26)19-7-3-4-8-19;/h5-6,9-14,17,19-20,27H,3-4,7-8,15-16H2,1-2H3;1H. The molecule has 4 rings (SSSR count). The lowest BCUT2D eigenvalue weighted by Gasteiger charge is -2.18. The van der Waals surface area contributed by atoms with Crippen LogP contribution in [0.3, 0.4) is 0 Å². The normalized spacial score (nSPS) is 15.6. The Balaban J connectivity index is 0.00000240. The summed E-state index contributed by atoms with van der Waals surface area (Å²) in [6, 6.07) is 16.4. The van der Waals surface area contributed by atoms with Crippen molar-refractivity contribution in [3.8, 4) is 5.75 Å². The summed E-state index contributed by atoms with van der Waals surface area (Å²) >= 11 is 0. The Kier molecular flexibility index (Phi) is 7.20. The molecule has 3 aromatic rings. The Bertz CT molecular complexity index is 914. The molecule has 0 amide bonds. The number of aliphatic hydroxyl groups is 1. The molecule has 1 unspecified atom stereocenters. The van der Waals surface area contributed by atoms with Gasteiger partial charge in [-0.3, -0.25) is 0 Å². The lowest BCUT2D eigenvalue weighted by Crippen LogP contribution is -2.25. The summed E-state index contributed by atoms with van der Waals surface area (Å²) in [7, 11) is 0. The molecule has 0 spiro atoms. The van der Waals surface area contributed by atoms with Crippen molar-refractivity contribution in [3.05, 3.63) is 59.9 Å². The smallest absolute Gasteiger partial charge is 0.119 e. The highest BCUT2D eigenvalue weighted by Crippen LogP contribution is 2.35. The van der Waals surface area contributed by atoms with Crippen LogP contribution in [0.15, 0.2) is 48.5 Å². The zero-order valence-corrected chi connectivity index (χ0v) is 18.1. The van der Waals surface area contributed by atoms with E-state index in [2.05, 4.69) is 42.7 Å². The molecule has 2 aromatic carbocycles. The van der Waals surface area contributed by atoms with E-state index in [1.54, 1.807) is 0 Å². The maximum absolute atomic E-state index is 10.7. The van der Waals surface area contributed by atoms with Crippen LogP contribution in [0.5, 0.6) is 5.75 Å². The second-order valence-electron chi connectivity index (χ2n) is 8.24. The van der Waals surface area contributed by atoms with Gasteiger partial charge in [0.2, 0.25) is 0 Å². The van der Waals surface area contributed by atoms with E-state index in [4.69, 9.17) is 9.72 Å². The average Bonchev–Trinajstić information content (AvgIpc) is 3.35. The van der Waals surface area contributed by atoms with E-state index in [1.807, 2.05) is 24.3 Å². The van der Waals surface area contributed by atoms with E-state index in [0.717, 1.165) is 22.6 Å². The summed E-state index contributed by atoms with van der Waals surface area (Å²) in [5.74, 6) is 2.93. The van der Waals surface area contributed by atoms with Gasteiger partial charge in [-0.15, -0.1) is 12.4 Å². The molecule has 1 aromatic heterocycles. The first-order valence-corrected chi connectivity index (χ1v) is 10.5. The molecule has 1 saturated carbocycles. The molecule has 1 heterocycles. The van der Waals surface area contributed by atoms with Gasteiger partial charge in [-0.1, -0.05) is 51.0 Å². The van der Waals surface area contributed by atoms with E-state index >= 15 is 0 Å². The summed E-state index contributed by atoms with van der Waals surface area (Å²) < 4.78 is 8.05. The van der Waals surface area contributed by atoms with Crippen LogP contribution in [0.4, 0.5) is 0 Å². The molecule has 1 fully saturated rings. The van der Waals surface area contributed by atoms with E-state index in [-0.39, 0.29) is 19.0 Å². The molecule has 156 valence electrons. The van der Waals surface area contributed by atoms with Gasteiger partial charge >= 0.3 is 0 Å². The van der Waals surface area contributed by atoms with Gasteiger partial charge in [-0.2, -0.15) is 0 Å². The first-order valence-electron chi connectivity index (χ1n) is 10.5. The maximum atomic E-state index is 10.7. The zero-order valence-electron chi connectivity index (χ0n) is 17.3. The molecular formula is C24H31ClN2O2. The van der Waals surface area contributed by atoms with Crippen molar-refractivity contribution < 1.29 is 9.84 Å². The van der Waals surface area contributed by atoms with Gasteiger partial charge in [0.1, 0.15) is 24.3 Å². The van der Waals surface area contributed by atoms with Crippen LogP contribution in [0.2, 0.25) is 0 Å². The molecule has 0 radical (unpaired) electrons. The first-order chi connectivity index (χ1) is 13.6. The first kappa shape index (κ1) is 21.7. The molecule has 1 aliphatic carbocycles. The van der Waals surface area contributed by atoms with Crippen LogP contribution in [-0.2, 0) is 6.54 Å². The van der Waals surface area contributed by atoms with Gasteiger partial charge in [0.05, 0.1) is 17.6 Å². The Morgan fingerprint density at radius 2 is 1.76 bits per heavy atom. The van der Waals surface area contributed by atoms with E-state index < -0.39 is 6.10 Å². The van der Waals surface area contributed by atoms with E-state index in [9.17, 15) is 5.11 Å². The number of fused-ring (bicyclic) bond motifs is 1. The van der Waals surface area contributed by atoms with Crippen LogP contribution in [-0.4, -0.2) is 27.4 Å². The van der Waals surface area contributed by atoms with Crippen LogP contribution in [0.1, 0.15) is 62.8 Å². The third-order valence-electron chi connectivity index (χ3n) is 5.79. The molecule has 0 saturated heterocycles. The summed E-state index contributed by atoms with van der Waals surface area (Å²) in [6.07, 6.45) is 4.34. The second-order valence-corrected chi connectivity index (χ2v) is 8.24. The van der Waals surface area contributed by atoms with Gasteiger partial charge in [0.15, 0.2) is 0 Å². The van der Waals surface area contributed by atoms with Crippen molar-refractivity contribution in [1.82, 2.24) is 9.55 Å². The molecule has 5 heteroatoms. The summed E-state index contributed by atoms with van der Waals surface area (Å²) in [4.78, 5) is 4.90. The van der Waals surface area contributed by atoms with Gasteiger partial charge in [-0.05, 0) is 48.6 Å². The fraction of sp³-hybridized carbons (Fsp3) is 0.458. The number of para-hydroxylation sites is 2. The molecule has 4 nitrogen and oxygen atoms in total. The highest BCUT2D eigenvalue weighted by molar-refractivity contribution is 5.85.